The smallest absolute Gasteiger partial charge is 0.264 e. The maximum atomic E-state index is 13.7. The first-order valence-corrected chi connectivity index (χ1v) is 25.6. The molecule has 1 saturated carbocycles. The van der Waals surface area contributed by atoms with Crippen LogP contribution in [0.25, 0.3) is 28.2 Å². The molecule has 1 saturated heterocycles. The van der Waals surface area contributed by atoms with Gasteiger partial charge in [-0.25, -0.2) is 14.4 Å². The molecule has 6 heterocycles. The standard InChI is InChI=1S/C54H60FN11O10/c55-31-33-17-19-58-42(29-33)61-51(70)35-13-11-34(12-14-35)48-47-49-36(32-59-50(47)56)5-3-21-64(22-4-10-43(67)60-37-6-1-7-38(30-37)66(49)63-48)45(69)18-23-74-25-27-76-28-26-75-24-20-57-40-9-2-8-39-46(40)54(73)65(53(39)72)41-15-16-44(68)62-52(41)71/h2-3,5,8-9,11-14,17,19,29,32,37-38,41,57H,1,4,6-7,10,15-16,18,20-28,30-31H2,(H2,56,59)(H,60,67)(H,58,61,70)(H,62,68,71)/b5-3+/t37-,38?,41?/m1/s1. The minimum absolute atomic E-state index is 0.0364. The van der Waals surface area contributed by atoms with Crippen LogP contribution in [0.2, 0.25) is 0 Å². The minimum Gasteiger partial charge on any atom is -0.383 e. The number of fused-ring (bicyclic) bond motifs is 4. The van der Waals surface area contributed by atoms with E-state index in [-0.39, 0.29) is 119 Å². The molecule has 6 N–H and O–H groups in total. The van der Waals surface area contributed by atoms with Crippen molar-refractivity contribution in [1.82, 2.24) is 40.2 Å². The van der Waals surface area contributed by atoms with Gasteiger partial charge >= 0.3 is 0 Å². The van der Waals surface area contributed by atoms with E-state index in [0.717, 1.165) is 35.2 Å². The number of carbonyl (C=O) groups excluding carboxylic acids is 7. The van der Waals surface area contributed by atoms with Crippen LogP contribution in [0.15, 0.2) is 73.1 Å². The maximum Gasteiger partial charge on any atom is 0.264 e. The van der Waals surface area contributed by atoms with Crippen LogP contribution >= 0.6 is 0 Å². The van der Waals surface area contributed by atoms with Crippen LogP contribution < -0.4 is 27.0 Å². The van der Waals surface area contributed by atoms with E-state index >= 15 is 0 Å². The fourth-order valence-electron chi connectivity index (χ4n) is 10.1. The van der Waals surface area contributed by atoms with Gasteiger partial charge in [0.25, 0.3) is 17.7 Å². The number of imide groups is 2. The Kier molecular flexibility index (Phi) is 17.1. The number of ether oxygens (including phenoxy) is 3. The second kappa shape index (κ2) is 24.6. The Morgan fingerprint density at radius 2 is 1.64 bits per heavy atom. The van der Waals surface area contributed by atoms with E-state index in [1.165, 1.54) is 18.3 Å². The molecule has 0 spiro atoms. The largest absolute Gasteiger partial charge is 0.383 e. The second-order valence-electron chi connectivity index (χ2n) is 18.9. The molecule has 4 aliphatic rings. The molecule has 2 aromatic carbocycles. The maximum absolute atomic E-state index is 13.7. The second-order valence-corrected chi connectivity index (χ2v) is 18.9. The van der Waals surface area contributed by atoms with Gasteiger partial charge in [0.15, 0.2) is 0 Å². The van der Waals surface area contributed by atoms with Gasteiger partial charge in [-0.2, -0.15) is 5.10 Å². The Morgan fingerprint density at radius 3 is 2.43 bits per heavy atom. The van der Waals surface area contributed by atoms with Crippen molar-refractivity contribution < 1.29 is 52.2 Å². The number of rotatable bonds is 18. The molecule has 2 unspecified atom stereocenters. The van der Waals surface area contributed by atoms with E-state index in [4.69, 9.17) is 25.0 Å². The van der Waals surface area contributed by atoms with Gasteiger partial charge in [-0.1, -0.05) is 30.4 Å². The van der Waals surface area contributed by atoms with Crippen molar-refractivity contribution in [2.75, 3.05) is 75.6 Å². The van der Waals surface area contributed by atoms with E-state index in [1.54, 1.807) is 53.6 Å². The lowest BCUT2D eigenvalue weighted by atomic mass is 9.90. The monoisotopic (exact) mass is 1040 g/mol. The third kappa shape index (κ3) is 12.2. The first-order chi connectivity index (χ1) is 37.0. The summed E-state index contributed by atoms with van der Waals surface area (Å²) in [6.45, 7) is 1.82. The Bertz CT molecular complexity index is 3040. The Morgan fingerprint density at radius 1 is 0.855 bits per heavy atom. The Labute approximate surface area is 437 Å². The van der Waals surface area contributed by atoms with Gasteiger partial charge in [0.2, 0.25) is 23.6 Å². The van der Waals surface area contributed by atoms with E-state index in [2.05, 4.69) is 31.2 Å². The van der Waals surface area contributed by atoms with Gasteiger partial charge < -0.3 is 40.8 Å². The number of piperidine rings is 1. The van der Waals surface area contributed by atoms with E-state index in [1.807, 2.05) is 16.8 Å². The zero-order valence-electron chi connectivity index (χ0n) is 41.9. The lowest BCUT2D eigenvalue weighted by Gasteiger charge is -2.30. The Hall–Kier alpha value is -7.95. The third-order valence-corrected chi connectivity index (χ3v) is 13.8. The number of nitrogens with two attached hydrogens (primary N) is 1. The molecule has 398 valence electrons. The summed E-state index contributed by atoms with van der Waals surface area (Å²) in [5, 5.41) is 17.1. The van der Waals surface area contributed by atoms with Crippen LogP contribution in [0.3, 0.4) is 0 Å². The third-order valence-electron chi connectivity index (χ3n) is 13.8. The quantitative estimate of drug-likeness (QED) is 0.0572. The normalized spacial score (nSPS) is 19.4. The van der Waals surface area contributed by atoms with Crippen LogP contribution in [0, 0.1) is 0 Å². The van der Waals surface area contributed by atoms with Crippen LogP contribution in [0.5, 0.6) is 0 Å². The van der Waals surface area contributed by atoms with E-state index < -0.39 is 42.3 Å². The highest BCUT2D eigenvalue weighted by atomic mass is 19.1. The van der Waals surface area contributed by atoms with Gasteiger partial charge in [-0.05, 0) is 80.5 Å². The minimum atomic E-state index is -1.05. The molecule has 1 aliphatic carbocycles. The van der Waals surface area contributed by atoms with E-state index in [9.17, 15) is 38.0 Å². The fourth-order valence-corrected chi connectivity index (χ4v) is 10.1. The molecule has 0 radical (unpaired) electrons. The van der Waals surface area contributed by atoms with Gasteiger partial charge in [0.05, 0.1) is 74.1 Å². The number of hydrogen-bond donors (Lipinski definition) is 5. The molecular weight excluding hydrogens is 982 g/mol. The number of nitrogens with zero attached hydrogens (tertiary/aromatic N) is 6. The Balaban J connectivity index is 0.758. The highest BCUT2D eigenvalue weighted by Gasteiger charge is 2.45. The number of anilines is 3. The number of carbonyl (C=O) groups is 7. The van der Waals surface area contributed by atoms with Crippen molar-refractivity contribution in [3.05, 3.63) is 101 Å². The van der Waals surface area contributed by atoms with Gasteiger partial charge in [0, 0.05) is 73.3 Å². The first kappa shape index (κ1) is 52.9. The summed E-state index contributed by atoms with van der Waals surface area (Å²) < 4.78 is 32.3. The number of nitrogen functional groups attached to an aromatic ring is 1. The van der Waals surface area contributed by atoms with Crippen LogP contribution in [0.1, 0.15) is 106 Å². The van der Waals surface area contributed by atoms with Gasteiger partial charge in [0.1, 0.15) is 30.0 Å². The average molecular weight is 1040 g/mol. The number of alkyl halides is 1. The number of nitrogens with one attached hydrogen (secondary N) is 4. The van der Waals surface area contributed by atoms with Crippen molar-refractivity contribution in [1.29, 1.82) is 0 Å². The molecule has 5 aromatic rings. The lowest BCUT2D eigenvalue weighted by molar-refractivity contribution is -0.136. The number of hydrogen-bond acceptors (Lipinski definition) is 15. The summed E-state index contributed by atoms with van der Waals surface area (Å²) in [5.41, 5.74) is 11.0. The average Bonchev–Trinajstić information content (AvgIpc) is 3.95. The summed E-state index contributed by atoms with van der Waals surface area (Å²) in [6.07, 6.45) is 11.1. The van der Waals surface area contributed by atoms with Crippen molar-refractivity contribution >= 4 is 75.7 Å². The molecule has 7 amide bonds. The lowest BCUT2D eigenvalue weighted by Crippen LogP contribution is -2.54. The van der Waals surface area contributed by atoms with Crippen LogP contribution in [-0.4, -0.2) is 142 Å². The molecular formula is C54H60FN11O10. The summed E-state index contributed by atoms with van der Waals surface area (Å²) in [6, 6.07) is 13.6. The molecule has 9 rings (SSSR count). The number of amides is 7. The van der Waals surface area contributed by atoms with E-state index in [0.29, 0.717) is 59.4 Å². The number of aromatic nitrogens is 4. The predicted octanol–water partition coefficient (Wildman–Crippen LogP) is 4.99. The molecule has 3 aromatic heterocycles. The molecule has 3 atom stereocenters. The first-order valence-electron chi connectivity index (χ1n) is 25.6. The number of halogens is 1. The summed E-state index contributed by atoms with van der Waals surface area (Å²) >= 11 is 0. The molecule has 21 nitrogen and oxygen atoms in total. The molecule has 2 fully saturated rings. The molecule has 76 heavy (non-hydrogen) atoms. The fraction of sp³-hybridized carbons (Fsp3) is 0.407. The number of pyridine rings is 2. The highest BCUT2D eigenvalue weighted by molar-refractivity contribution is 6.25. The molecule has 2 bridgehead atoms. The number of benzene rings is 2. The molecule has 22 heteroatoms. The van der Waals surface area contributed by atoms with Gasteiger partial charge in [-0.15, -0.1) is 0 Å². The topological polar surface area (TPSA) is 271 Å². The zero-order chi connectivity index (χ0) is 53.1. The SMILES string of the molecule is Nc1ncc2c3c1c(-c1ccc(C(=O)Nc4cc(CF)ccn4)cc1)nn3C1CCC[C@H](C1)NC(=O)CCCN(C(=O)CCOCCOCCOCCNc1cccc3c1C(=O)N(C1CCC(=O)NC1=O)C3=O)C/C=C/2. The zero-order valence-corrected chi connectivity index (χ0v) is 41.9. The predicted molar refractivity (Wildman–Crippen MR) is 277 cm³/mol. The van der Waals surface area contributed by atoms with Crippen molar-refractivity contribution in [3.63, 3.8) is 0 Å². The van der Waals surface area contributed by atoms with Crippen molar-refractivity contribution in [2.45, 2.75) is 82.6 Å². The highest BCUT2D eigenvalue weighted by Crippen LogP contribution is 2.39. The van der Waals surface area contributed by atoms with Crippen LogP contribution in [0.4, 0.5) is 21.7 Å². The van der Waals surface area contributed by atoms with Crippen molar-refractivity contribution in [2.24, 2.45) is 0 Å². The van der Waals surface area contributed by atoms with Crippen molar-refractivity contribution in [3.8, 4) is 11.3 Å². The summed E-state index contributed by atoms with van der Waals surface area (Å²) in [4.78, 5) is 102. The van der Waals surface area contributed by atoms with Gasteiger partial charge in [-0.3, -0.25) is 48.5 Å². The molecule has 3 aliphatic heterocycles. The van der Waals surface area contributed by atoms with Crippen LogP contribution in [-0.2, 0) is 40.1 Å². The summed E-state index contributed by atoms with van der Waals surface area (Å²) in [7, 11) is 0. The summed E-state index contributed by atoms with van der Waals surface area (Å²) in [5.74, 6) is -2.37.